The summed E-state index contributed by atoms with van der Waals surface area (Å²) < 4.78 is 23.5. The molecule has 1 aliphatic carbocycles. The number of nitrogens with one attached hydrogen (secondary N) is 2. The minimum atomic E-state index is -0.587. The molecule has 1 saturated carbocycles. The normalized spacial score (nSPS) is 25.1. The fourth-order valence-corrected chi connectivity index (χ4v) is 2.98. The standard InChI is InChI=1S/C17H20ClFN2O4/c18-13-6-5-12(7-14(13)19)24-9-16(22)20-10-1-3-11(4-2-10)21-17(23)15-8-25-15/h5-7,10-11,15H,1-4,8-9H2,(H,20,22)(H,21,23). The molecule has 2 fully saturated rings. The van der Waals surface area contributed by atoms with Crippen molar-refractivity contribution >= 4 is 23.4 Å². The van der Waals surface area contributed by atoms with Crippen molar-refractivity contribution in [3.8, 4) is 5.75 Å². The van der Waals surface area contributed by atoms with E-state index in [4.69, 9.17) is 21.1 Å². The number of rotatable bonds is 6. The molecule has 2 N–H and O–H groups in total. The Labute approximate surface area is 150 Å². The molecule has 1 heterocycles. The summed E-state index contributed by atoms with van der Waals surface area (Å²) in [5.41, 5.74) is 0. The first kappa shape index (κ1) is 17.9. The molecule has 1 aliphatic heterocycles. The average Bonchev–Trinajstić information content (AvgIpc) is 3.43. The van der Waals surface area contributed by atoms with Gasteiger partial charge in [-0.1, -0.05) is 11.6 Å². The van der Waals surface area contributed by atoms with Crippen LogP contribution >= 0.6 is 11.6 Å². The van der Waals surface area contributed by atoms with Crippen LogP contribution in [-0.4, -0.2) is 43.2 Å². The van der Waals surface area contributed by atoms with Gasteiger partial charge < -0.3 is 20.1 Å². The number of epoxide rings is 1. The maximum atomic E-state index is 13.3. The molecule has 136 valence electrons. The molecule has 25 heavy (non-hydrogen) atoms. The van der Waals surface area contributed by atoms with E-state index in [0.717, 1.165) is 31.7 Å². The minimum Gasteiger partial charge on any atom is -0.484 e. The third-order valence-corrected chi connectivity index (χ3v) is 4.63. The van der Waals surface area contributed by atoms with E-state index in [1.165, 1.54) is 12.1 Å². The Bertz CT molecular complexity index is 646. The van der Waals surface area contributed by atoms with Crippen molar-refractivity contribution in [2.45, 2.75) is 43.9 Å². The molecule has 1 aromatic rings. The first-order valence-corrected chi connectivity index (χ1v) is 8.68. The monoisotopic (exact) mass is 370 g/mol. The summed E-state index contributed by atoms with van der Waals surface area (Å²) in [4.78, 5) is 23.6. The molecule has 1 saturated heterocycles. The van der Waals surface area contributed by atoms with Crippen molar-refractivity contribution in [3.05, 3.63) is 29.0 Å². The molecule has 2 amide bonds. The molecule has 6 nitrogen and oxygen atoms in total. The lowest BCUT2D eigenvalue weighted by molar-refractivity contribution is -0.125. The van der Waals surface area contributed by atoms with E-state index in [9.17, 15) is 14.0 Å². The zero-order valence-corrected chi connectivity index (χ0v) is 14.4. The number of halogens is 2. The van der Waals surface area contributed by atoms with E-state index in [2.05, 4.69) is 10.6 Å². The summed E-state index contributed by atoms with van der Waals surface area (Å²) in [6, 6.07) is 4.23. The Hall–Kier alpha value is -1.86. The molecule has 0 radical (unpaired) electrons. The van der Waals surface area contributed by atoms with Gasteiger partial charge in [-0.05, 0) is 37.8 Å². The van der Waals surface area contributed by atoms with Crippen molar-refractivity contribution in [2.24, 2.45) is 0 Å². The minimum absolute atomic E-state index is 0.00824. The van der Waals surface area contributed by atoms with E-state index in [1.54, 1.807) is 0 Å². The van der Waals surface area contributed by atoms with E-state index >= 15 is 0 Å². The van der Waals surface area contributed by atoms with Crippen LogP contribution in [0.15, 0.2) is 18.2 Å². The second-order valence-electron chi connectivity index (χ2n) is 6.31. The molecule has 1 aromatic carbocycles. The number of carbonyl (C=O) groups is 2. The summed E-state index contributed by atoms with van der Waals surface area (Å²) in [6.07, 6.45) is 2.93. The number of hydrogen-bond acceptors (Lipinski definition) is 4. The van der Waals surface area contributed by atoms with Crippen molar-refractivity contribution < 1.29 is 23.5 Å². The van der Waals surface area contributed by atoms with Crippen LogP contribution in [0, 0.1) is 5.82 Å². The predicted molar refractivity (Wildman–Crippen MR) is 89.0 cm³/mol. The molecule has 1 atom stereocenters. The van der Waals surface area contributed by atoms with Crippen molar-refractivity contribution in [3.63, 3.8) is 0 Å². The number of benzene rings is 1. The van der Waals surface area contributed by atoms with Crippen molar-refractivity contribution in [1.82, 2.24) is 10.6 Å². The van der Waals surface area contributed by atoms with Gasteiger partial charge in [0, 0.05) is 18.2 Å². The smallest absolute Gasteiger partial charge is 0.258 e. The fraction of sp³-hybridized carbons (Fsp3) is 0.529. The lowest BCUT2D eigenvalue weighted by Gasteiger charge is -2.29. The predicted octanol–water partition coefficient (Wildman–Crippen LogP) is 1.80. The van der Waals surface area contributed by atoms with Crippen LogP contribution in [0.25, 0.3) is 0 Å². The quantitative estimate of drug-likeness (QED) is 0.748. The van der Waals surface area contributed by atoms with Gasteiger partial charge in [0.05, 0.1) is 11.6 Å². The summed E-state index contributed by atoms with van der Waals surface area (Å²) in [7, 11) is 0. The Morgan fingerprint density at radius 2 is 1.84 bits per heavy atom. The highest BCUT2D eigenvalue weighted by atomic mass is 35.5. The van der Waals surface area contributed by atoms with E-state index < -0.39 is 5.82 Å². The molecule has 0 bridgehead atoms. The largest absolute Gasteiger partial charge is 0.484 e. The molecule has 1 unspecified atom stereocenters. The van der Waals surface area contributed by atoms with Gasteiger partial charge in [-0.25, -0.2) is 4.39 Å². The Morgan fingerprint density at radius 1 is 1.20 bits per heavy atom. The van der Waals surface area contributed by atoms with E-state index in [-0.39, 0.29) is 47.4 Å². The van der Waals surface area contributed by atoms with Crippen LogP contribution < -0.4 is 15.4 Å². The topological polar surface area (TPSA) is 80.0 Å². The number of hydrogen-bond donors (Lipinski definition) is 2. The Balaban J connectivity index is 1.35. The summed E-state index contributed by atoms with van der Waals surface area (Å²) in [5, 5.41) is 5.87. The first-order valence-electron chi connectivity index (χ1n) is 8.30. The van der Waals surface area contributed by atoms with Gasteiger partial charge in [0.25, 0.3) is 11.8 Å². The number of amides is 2. The zero-order valence-electron chi connectivity index (χ0n) is 13.6. The lowest BCUT2D eigenvalue weighted by Crippen LogP contribution is -2.45. The highest BCUT2D eigenvalue weighted by Gasteiger charge is 2.33. The second-order valence-corrected chi connectivity index (χ2v) is 6.72. The second kappa shape index (κ2) is 8.01. The summed E-state index contributed by atoms with van der Waals surface area (Å²) in [6.45, 7) is 0.325. The molecule has 8 heteroatoms. The van der Waals surface area contributed by atoms with Gasteiger partial charge in [-0.3, -0.25) is 9.59 Å². The van der Waals surface area contributed by atoms with Gasteiger partial charge in [-0.2, -0.15) is 0 Å². The van der Waals surface area contributed by atoms with Crippen LogP contribution in [0.3, 0.4) is 0 Å². The molecule has 2 aliphatic rings. The number of carbonyl (C=O) groups excluding carboxylic acids is 2. The average molecular weight is 371 g/mol. The Morgan fingerprint density at radius 3 is 2.44 bits per heavy atom. The fourth-order valence-electron chi connectivity index (χ4n) is 2.86. The zero-order chi connectivity index (χ0) is 17.8. The van der Waals surface area contributed by atoms with Gasteiger partial charge in [0.15, 0.2) is 12.7 Å². The maximum Gasteiger partial charge on any atom is 0.258 e. The molecule has 0 spiro atoms. The van der Waals surface area contributed by atoms with Crippen molar-refractivity contribution in [2.75, 3.05) is 13.2 Å². The maximum absolute atomic E-state index is 13.3. The van der Waals surface area contributed by atoms with Crippen LogP contribution in [0.4, 0.5) is 4.39 Å². The molecule has 0 aromatic heterocycles. The summed E-state index contributed by atoms with van der Waals surface area (Å²) >= 11 is 5.59. The van der Waals surface area contributed by atoms with E-state index in [1.807, 2.05) is 0 Å². The van der Waals surface area contributed by atoms with Crippen LogP contribution in [0.5, 0.6) is 5.75 Å². The van der Waals surface area contributed by atoms with Crippen LogP contribution in [0.2, 0.25) is 5.02 Å². The summed E-state index contributed by atoms with van der Waals surface area (Å²) in [5.74, 6) is -0.632. The van der Waals surface area contributed by atoms with E-state index in [0.29, 0.717) is 6.61 Å². The lowest BCUT2D eigenvalue weighted by atomic mass is 9.91. The molecular formula is C17H20ClFN2O4. The highest BCUT2D eigenvalue weighted by Crippen LogP contribution is 2.21. The van der Waals surface area contributed by atoms with Crippen molar-refractivity contribution in [1.29, 1.82) is 0 Å². The third kappa shape index (κ3) is 5.31. The van der Waals surface area contributed by atoms with Gasteiger partial charge >= 0.3 is 0 Å². The molecule has 3 rings (SSSR count). The first-order chi connectivity index (χ1) is 12.0. The van der Waals surface area contributed by atoms with Gasteiger partial charge in [0.1, 0.15) is 11.6 Å². The van der Waals surface area contributed by atoms with Gasteiger partial charge in [-0.15, -0.1) is 0 Å². The van der Waals surface area contributed by atoms with Crippen LogP contribution in [0.1, 0.15) is 25.7 Å². The number of ether oxygens (including phenoxy) is 2. The third-order valence-electron chi connectivity index (χ3n) is 4.33. The van der Waals surface area contributed by atoms with Gasteiger partial charge in [0.2, 0.25) is 0 Å². The highest BCUT2D eigenvalue weighted by molar-refractivity contribution is 6.30. The van der Waals surface area contributed by atoms with Crippen LogP contribution in [-0.2, 0) is 14.3 Å². The Kier molecular flexibility index (Phi) is 5.75. The molecular weight excluding hydrogens is 351 g/mol. The SMILES string of the molecule is O=C(COc1ccc(Cl)c(F)c1)NC1CCC(NC(=O)C2CO2)CC1.